The summed E-state index contributed by atoms with van der Waals surface area (Å²) in [6.07, 6.45) is 0.793. The minimum atomic E-state index is -0.263. The lowest BCUT2D eigenvalue weighted by Gasteiger charge is -2.30. The molecule has 0 bridgehead atoms. The highest BCUT2D eigenvalue weighted by Gasteiger charge is 2.46. The van der Waals surface area contributed by atoms with Crippen LogP contribution in [0.5, 0.6) is 0 Å². The van der Waals surface area contributed by atoms with Crippen LogP contribution in [0.2, 0.25) is 5.02 Å². The Bertz CT molecular complexity index is 702. The monoisotopic (exact) mass is 336 g/mol. The topological polar surface area (TPSA) is 54.2 Å². The Kier molecular flexibility index (Phi) is 3.83. The number of aromatic nitrogens is 2. The molecule has 23 heavy (non-hydrogen) atoms. The van der Waals surface area contributed by atoms with Gasteiger partial charge in [-0.05, 0) is 25.6 Å². The van der Waals surface area contributed by atoms with Crippen molar-refractivity contribution < 1.29 is 8.91 Å². The molecule has 2 aromatic rings. The molecule has 0 radical (unpaired) electrons. The van der Waals surface area contributed by atoms with Crippen LogP contribution in [0.15, 0.2) is 22.7 Å². The highest BCUT2D eigenvalue weighted by molar-refractivity contribution is 6.31. The Morgan fingerprint density at radius 1 is 1.39 bits per heavy atom. The Hall–Kier alpha value is -1.50. The molecule has 2 aliphatic rings. The van der Waals surface area contributed by atoms with Gasteiger partial charge in [0, 0.05) is 42.1 Å². The van der Waals surface area contributed by atoms with Crippen LogP contribution in [0, 0.1) is 5.82 Å². The third kappa shape index (κ3) is 2.75. The number of nitrogens with zero attached hydrogens (tertiary/aromatic N) is 3. The van der Waals surface area contributed by atoms with Gasteiger partial charge in [0.2, 0.25) is 5.89 Å². The molecule has 3 unspecified atom stereocenters. The second kappa shape index (κ2) is 5.85. The van der Waals surface area contributed by atoms with Crippen molar-refractivity contribution in [3.05, 3.63) is 46.3 Å². The maximum absolute atomic E-state index is 14.0. The molecule has 4 rings (SSSR count). The van der Waals surface area contributed by atoms with Crippen molar-refractivity contribution >= 4 is 11.6 Å². The van der Waals surface area contributed by atoms with Gasteiger partial charge < -0.3 is 9.84 Å². The number of benzene rings is 1. The lowest BCUT2D eigenvalue weighted by molar-refractivity contribution is 0.190. The van der Waals surface area contributed by atoms with Gasteiger partial charge in [-0.1, -0.05) is 22.8 Å². The minimum Gasteiger partial charge on any atom is -0.339 e. The van der Waals surface area contributed by atoms with E-state index in [0.717, 1.165) is 26.1 Å². The second-order valence-electron chi connectivity index (χ2n) is 6.28. The van der Waals surface area contributed by atoms with E-state index in [-0.39, 0.29) is 23.7 Å². The summed E-state index contributed by atoms with van der Waals surface area (Å²) in [4.78, 5) is 6.77. The molecule has 7 heteroatoms. The van der Waals surface area contributed by atoms with Gasteiger partial charge in [-0.3, -0.25) is 4.90 Å². The summed E-state index contributed by atoms with van der Waals surface area (Å²) in [6.45, 7) is 2.72. The quantitative estimate of drug-likeness (QED) is 0.934. The van der Waals surface area contributed by atoms with E-state index in [2.05, 4.69) is 27.4 Å². The third-order valence-corrected chi connectivity index (χ3v) is 5.07. The number of piperazine rings is 1. The molecule has 1 aliphatic carbocycles. The smallest absolute Gasteiger partial charge is 0.230 e. The zero-order chi connectivity index (χ0) is 16.0. The van der Waals surface area contributed by atoms with Crippen LogP contribution < -0.4 is 5.32 Å². The predicted octanol–water partition coefficient (Wildman–Crippen LogP) is 2.71. The molecule has 1 saturated carbocycles. The van der Waals surface area contributed by atoms with Crippen molar-refractivity contribution in [2.45, 2.75) is 24.3 Å². The fraction of sp³-hybridized carbons (Fsp3) is 0.500. The molecule has 1 saturated heterocycles. The fourth-order valence-electron chi connectivity index (χ4n) is 3.28. The van der Waals surface area contributed by atoms with Crippen LogP contribution in [0.25, 0.3) is 0 Å². The van der Waals surface area contributed by atoms with Crippen LogP contribution in [-0.2, 0) is 0 Å². The van der Waals surface area contributed by atoms with E-state index < -0.39 is 0 Å². The van der Waals surface area contributed by atoms with E-state index >= 15 is 0 Å². The zero-order valence-corrected chi connectivity index (χ0v) is 13.6. The predicted molar refractivity (Wildman–Crippen MR) is 84.0 cm³/mol. The van der Waals surface area contributed by atoms with Crippen LogP contribution in [0.3, 0.4) is 0 Å². The van der Waals surface area contributed by atoms with Crippen molar-refractivity contribution in [3.8, 4) is 0 Å². The van der Waals surface area contributed by atoms with Gasteiger partial charge in [0.1, 0.15) is 5.82 Å². The normalized spacial score (nSPS) is 28.0. The lowest BCUT2D eigenvalue weighted by atomic mass is 10.1. The number of likely N-dealkylation sites (N-methyl/N-ethyl adjacent to an activating group) is 1. The van der Waals surface area contributed by atoms with Crippen LogP contribution in [-0.4, -0.2) is 41.7 Å². The van der Waals surface area contributed by atoms with Gasteiger partial charge in [-0.25, -0.2) is 4.39 Å². The third-order valence-electron chi connectivity index (χ3n) is 4.74. The molecular formula is C16H18ClFN4O. The van der Waals surface area contributed by atoms with Gasteiger partial charge in [-0.2, -0.15) is 4.98 Å². The molecule has 3 atom stereocenters. The van der Waals surface area contributed by atoms with Crippen molar-refractivity contribution in [1.29, 1.82) is 0 Å². The van der Waals surface area contributed by atoms with Gasteiger partial charge in [0.15, 0.2) is 5.82 Å². The average molecular weight is 337 g/mol. The lowest BCUT2D eigenvalue weighted by Crippen LogP contribution is -2.44. The standard InChI is InChI=1S/C16H18ClFN4O/c1-22-6-5-19-8-13(22)15-20-16(23-21-15)10-7-9(10)14-11(17)3-2-4-12(14)18/h2-4,9-10,13,19H,5-8H2,1H3. The van der Waals surface area contributed by atoms with Gasteiger partial charge in [0.25, 0.3) is 0 Å². The van der Waals surface area contributed by atoms with Gasteiger partial charge in [0.05, 0.1) is 6.04 Å². The van der Waals surface area contributed by atoms with E-state index in [1.807, 2.05) is 0 Å². The van der Waals surface area contributed by atoms with Crippen molar-refractivity contribution in [2.24, 2.45) is 0 Å². The molecule has 1 aliphatic heterocycles. The fourth-order valence-corrected chi connectivity index (χ4v) is 3.58. The number of hydrogen-bond acceptors (Lipinski definition) is 5. The summed E-state index contributed by atoms with van der Waals surface area (Å²) in [5, 5.41) is 7.93. The van der Waals surface area contributed by atoms with Crippen LogP contribution >= 0.6 is 11.6 Å². The Balaban J connectivity index is 1.53. The first-order valence-corrected chi connectivity index (χ1v) is 8.21. The average Bonchev–Trinajstić information content (AvgIpc) is 3.15. The molecular weight excluding hydrogens is 319 g/mol. The maximum Gasteiger partial charge on any atom is 0.230 e. The van der Waals surface area contributed by atoms with Crippen molar-refractivity contribution in [3.63, 3.8) is 0 Å². The molecule has 1 aromatic heterocycles. The maximum atomic E-state index is 14.0. The summed E-state index contributed by atoms with van der Waals surface area (Å²) in [7, 11) is 2.06. The highest BCUT2D eigenvalue weighted by atomic mass is 35.5. The van der Waals surface area contributed by atoms with E-state index in [4.69, 9.17) is 16.1 Å². The molecule has 0 spiro atoms. The van der Waals surface area contributed by atoms with Gasteiger partial charge >= 0.3 is 0 Å². The van der Waals surface area contributed by atoms with Crippen LogP contribution in [0.4, 0.5) is 4.39 Å². The van der Waals surface area contributed by atoms with E-state index in [9.17, 15) is 4.39 Å². The molecule has 0 amide bonds. The van der Waals surface area contributed by atoms with Crippen LogP contribution in [0.1, 0.15) is 41.6 Å². The summed E-state index contributed by atoms with van der Waals surface area (Å²) >= 11 is 6.14. The summed E-state index contributed by atoms with van der Waals surface area (Å²) in [6, 6.07) is 4.90. The first kappa shape index (κ1) is 15.1. The summed E-state index contributed by atoms with van der Waals surface area (Å²) in [5.74, 6) is 1.11. The Morgan fingerprint density at radius 3 is 3.04 bits per heavy atom. The van der Waals surface area contributed by atoms with E-state index in [1.54, 1.807) is 12.1 Å². The minimum absolute atomic E-state index is 0.0270. The Labute approximate surface area is 138 Å². The molecule has 2 fully saturated rings. The molecule has 122 valence electrons. The highest BCUT2D eigenvalue weighted by Crippen LogP contribution is 2.56. The molecule has 1 N–H and O–H groups in total. The summed E-state index contributed by atoms with van der Waals surface area (Å²) in [5.41, 5.74) is 0.565. The largest absolute Gasteiger partial charge is 0.339 e. The molecule has 2 heterocycles. The number of hydrogen-bond donors (Lipinski definition) is 1. The van der Waals surface area contributed by atoms with Crippen molar-refractivity contribution in [2.75, 3.05) is 26.7 Å². The first-order chi connectivity index (χ1) is 11.1. The van der Waals surface area contributed by atoms with E-state index in [0.29, 0.717) is 22.3 Å². The SMILES string of the molecule is CN1CCNCC1c1noc(C2CC2c2c(F)cccc2Cl)n1. The Morgan fingerprint density at radius 2 is 2.26 bits per heavy atom. The molecule has 5 nitrogen and oxygen atoms in total. The molecule has 1 aromatic carbocycles. The van der Waals surface area contributed by atoms with Gasteiger partial charge in [-0.15, -0.1) is 0 Å². The summed E-state index contributed by atoms with van der Waals surface area (Å²) < 4.78 is 19.5. The number of halogens is 2. The first-order valence-electron chi connectivity index (χ1n) is 7.83. The number of nitrogens with one attached hydrogen (secondary N) is 1. The second-order valence-corrected chi connectivity index (χ2v) is 6.68. The number of rotatable bonds is 3. The zero-order valence-electron chi connectivity index (χ0n) is 12.8. The van der Waals surface area contributed by atoms with Crippen molar-refractivity contribution in [1.82, 2.24) is 20.4 Å². The van der Waals surface area contributed by atoms with E-state index in [1.165, 1.54) is 6.07 Å².